The molecule has 1 unspecified atom stereocenters. The minimum Gasteiger partial charge on any atom is -0.379 e. The Hall–Kier alpha value is -1.64. The van der Waals surface area contributed by atoms with Crippen molar-refractivity contribution in [2.45, 2.75) is 17.4 Å². The van der Waals surface area contributed by atoms with E-state index in [4.69, 9.17) is 4.74 Å². The zero-order chi connectivity index (χ0) is 18.4. The van der Waals surface area contributed by atoms with Crippen molar-refractivity contribution in [1.82, 2.24) is 15.1 Å². The molecule has 2 aliphatic heterocycles. The van der Waals surface area contributed by atoms with E-state index in [1.165, 1.54) is 0 Å². The van der Waals surface area contributed by atoms with E-state index in [1.807, 2.05) is 6.07 Å². The number of likely N-dealkylation sites (tertiary alicyclic amines) is 1. The summed E-state index contributed by atoms with van der Waals surface area (Å²) in [5.41, 5.74) is 0. The number of benzene rings is 1. The molecule has 2 aliphatic rings. The third kappa shape index (κ3) is 4.75. The molecule has 8 heteroatoms. The number of morpholine rings is 1. The van der Waals surface area contributed by atoms with Crippen LogP contribution in [-0.2, 0) is 14.6 Å². The van der Waals surface area contributed by atoms with Gasteiger partial charge >= 0.3 is 0 Å². The maximum Gasteiger partial charge on any atom is 0.193 e. The van der Waals surface area contributed by atoms with Gasteiger partial charge in [-0.25, -0.2) is 8.42 Å². The predicted octanol–water partition coefficient (Wildman–Crippen LogP) is 0.442. The van der Waals surface area contributed by atoms with Gasteiger partial charge in [-0.05, 0) is 18.6 Å². The normalized spacial score (nSPS) is 22.6. The molecule has 3 rings (SSSR count). The maximum atomic E-state index is 12.4. The van der Waals surface area contributed by atoms with Crippen LogP contribution < -0.4 is 5.32 Å². The number of nitrogens with zero attached hydrogens (tertiary/aromatic N) is 3. The van der Waals surface area contributed by atoms with Crippen molar-refractivity contribution in [2.75, 3.05) is 58.7 Å². The highest BCUT2D eigenvalue weighted by molar-refractivity contribution is 7.91. The van der Waals surface area contributed by atoms with Gasteiger partial charge in [0.1, 0.15) is 0 Å². The second kappa shape index (κ2) is 8.83. The van der Waals surface area contributed by atoms with Gasteiger partial charge in [0.25, 0.3) is 0 Å². The minimum atomic E-state index is -3.27. The highest BCUT2D eigenvalue weighted by Crippen LogP contribution is 2.17. The van der Waals surface area contributed by atoms with Crippen LogP contribution in [0.1, 0.15) is 6.42 Å². The predicted molar refractivity (Wildman–Crippen MR) is 102 cm³/mol. The van der Waals surface area contributed by atoms with Gasteiger partial charge < -0.3 is 15.0 Å². The molecule has 7 nitrogen and oxygen atoms in total. The quantitative estimate of drug-likeness (QED) is 0.590. The first-order valence-electron chi connectivity index (χ1n) is 9.15. The van der Waals surface area contributed by atoms with Crippen LogP contribution in [-0.4, -0.2) is 89.0 Å². The Morgan fingerprint density at radius 2 is 1.96 bits per heavy atom. The molecular formula is C18H28N4O3S. The molecular weight excluding hydrogens is 352 g/mol. The maximum absolute atomic E-state index is 12.4. The summed E-state index contributed by atoms with van der Waals surface area (Å²) in [6, 6.07) is 9.10. The second-order valence-electron chi connectivity index (χ2n) is 6.64. The number of aliphatic imine (C=N–C) groups is 1. The molecule has 0 spiro atoms. The lowest BCUT2D eigenvalue weighted by atomic mass is 10.2. The van der Waals surface area contributed by atoms with Crippen molar-refractivity contribution >= 4 is 15.8 Å². The Kier molecular flexibility index (Phi) is 6.50. The Balaban J connectivity index is 1.49. The van der Waals surface area contributed by atoms with Gasteiger partial charge in [-0.1, -0.05) is 18.2 Å². The summed E-state index contributed by atoms with van der Waals surface area (Å²) in [5.74, 6) is 0.834. The third-order valence-electron chi connectivity index (χ3n) is 4.99. The van der Waals surface area contributed by atoms with Crippen molar-refractivity contribution < 1.29 is 13.2 Å². The standard InChI is InChI=1S/C18H28N4O3S/c1-19-18(20-8-14-26(23,24)17-5-3-2-4-6-17)22-9-7-16(15-22)21-10-12-25-13-11-21/h2-6,16H,7-15H2,1H3,(H,19,20). The van der Waals surface area contributed by atoms with Crippen molar-refractivity contribution in [3.8, 4) is 0 Å². The first kappa shape index (κ1) is 19.1. The van der Waals surface area contributed by atoms with E-state index in [2.05, 4.69) is 20.1 Å². The zero-order valence-corrected chi connectivity index (χ0v) is 16.1. The summed E-state index contributed by atoms with van der Waals surface area (Å²) < 4.78 is 30.2. The summed E-state index contributed by atoms with van der Waals surface area (Å²) in [5, 5.41) is 3.21. The molecule has 0 radical (unpaired) electrons. The summed E-state index contributed by atoms with van der Waals surface area (Å²) in [6.07, 6.45) is 1.10. The van der Waals surface area contributed by atoms with Crippen LogP contribution in [0.5, 0.6) is 0 Å². The van der Waals surface area contributed by atoms with Crippen LogP contribution >= 0.6 is 0 Å². The van der Waals surface area contributed by atoms with Crippen LogP contribution in [0.2, 0.25) is 0 Å². The molecule has 2 saturated heterocycles. The molecule has 1 aromatic carbocycles. The molecule has 1 atom stereocenters. The monoisotopic (exact) mass is 380 g/mol. The van der Waals surface area contributed by atoms with Crippen molar-refractivity contribution in [3.63, 3.8) is 0 Å². The van der Waals surface area contributed by atoms with E-state index < -0.39 is 9.84 Å². The summed E-state index contributed by atoms with van der Waals surface area (Å²) in [7, 11) is -1.53. The summed E-state index contributed by atoms with van der Waals surface area (Å²) >= 11 is 0. The molecule has 26 heavy (non-hydrogen) atoms. The lowest BCUT2D eigenvalue weighted by molar-refractivity contribution is 0.0195. The van der Waals surface area contributed by atoms with Gasteiger partial charge in [-0.2, -0.15) is 0 Å². The van der Waals surface area contributed by atoms with Crippen LogP contribution in [0.3, 0.4) is 0 Å². The van der Waals surface area contributed by atoms with Gasteiger partial charge in [0.2, 0.25) is 0 Å². The zero-order valence-electron chi connectivity index (χ0n) is 15.3. The van der Waals surface area contributed by atoms with E-state index in [1.54, 1.807) is 31.3 Å². The Morgan fingerprint density at radius 3 is 2.65 bits per heavy atom. The molecule has 0 saturated carbocycles. The van der Waals surface area contributed by atoms with E-state index in [0.717, 1.165) is 51.8 Å². The highest BCUT2D eigenvalue weighted by atomic mass is 32.2. The number of ether oxygens (including phenoxy) is 1. The fourth-order valence-electron chi connectivity index (χ4n) is 3.55. The van der Waals surface area contributed by atoms with Gasteiger partial charge in [-0.3, -0.25) is 9.89 Å². The SMILES string of the molecule is CN=C(NCCS(=O)(=O)c1ccccc1)N1CCC(N2CCOCC2)C1. The van der Waals surface area contributed by atoms with E-state index in [9.17, 15) is 8.42 Å². The largest absolute Gasteiger partial charge is 0.379 e. The van der Waals surface area contributed by atoms with Crippen molar-refractivity contribution in [2.24, 2.45) is 4.99 Å². The average molecular weight is 381 g/mol. The van der Waals surface area contributed by atoms with Crippen LogP contribution in [0, 0.1) is 0 Å². The Labute approximate surface area is 156 Å². The number of hydrogen-bond acceptors (Lipinski definition) is 5. The molecule has 2 fully saturated rings. The van der Waals surface area contributed by atoms with Crippen LogP contribution in [0.25, 0.3) is 0 Å². The van der Waals surface area contributed by atoms with Gasteiger partial charge in [-0.15, -0.1) is 0 Å². The molecule has 0 aromatic heterocycles. The number of sulfone groups is 1. The lowest BCUT2D eigenvalue weighted by Gasteiger charge is -2.32. The summed E-state index contributed by atoms with van der Waals surface area (Å²) in [6.45, 7) is 5.79. The highest BCUT2D eigenvalue weighted by Gasteiger charge is 2.30. The number of hydrogen-bond donors (Lipinski definition) is 1. The first-order chi connectivity index (χ1) is 12.6. The molecule has 0 bridgehead atoms. The topological polar surface area (TPSA) is 74.2 Å². The summed E-state index contributed by atoms with van der Waals surface area (Å²) in [4.78, 5) is 9.40. The van der Waals surface area contributed by atoms with Gasteiger partial charge in [0, 0.05) is 45.8 Å². The molecule has 1 N–H and O–H groups in total. The average Bonchev–Trinajstić information content (AvgIpc) is 3.16. The van der Waals surface area contributed by atoms with E-state index >= 15 is 0 Å². The Bertz CT molecular complexity index is 702. The fraction of sp³-hybridized carbons (Fsp3) is 0.611. The molecule has 2 heterocycles. The number of nitrogens with one attached hydrogen (secondary N) is 1. The smallest absolute Gasteiger partial charge is 0.193 e. The number of guanidine groups is 1. The molecule has 1 aromatic rings. The second-order valence-corrected chi connectivity index (χ2v) is 8.75. The fourth-order valence-corrected chi connectivity index (χ4v) is 4.73. The molecule has 0 aliphatic carbocycles. The molecule has 144 valence electrons. The van der Waals surface area contributed by atoms with Gasteiger partial charge in [0.05, 0.1) is 23.9 Å². The van der Waals surface area contributed by atoms with Crippen molar-refractivity contribution in [1.29, 1.82) is 0 Å². The molecule has 0 amide bonds. The number of rotatable bonds is 5. The lowest BCUT2D eigenvalue weighted by Crippen LogP contribution is -2.47. The third-order valence-corrected chi connectivity index (χ3v) is 6.72. The van der Waals surface area contributed by atoms with E-state index in [-0.39, 0.29) is 5.75 Å². The van der Waals surface area contributed by atoms with Gasteiger partial charge in [0.15, 0.2) is 15.8 Å². The van der Waals surface area contributed by atoms with Crippen molar-refractivity contribution in [3.05, 3.63) is 30.3 Å². The minimum absolute atomic E-state index is 0.0523. The Morgan fingerprint density at radius 1 is 1.23 bits per heavy atom. The van der Waals surface area contributed by atoms with Crippen LogP contribution in [0.15, 0.2) is 40.2 Å². The first-order valence-corrected chi connectivity index (χ1v) is 10.8. The van der Waals surface area contributed by atoms with Crippen LogP contribution in [0.4, 0.5) is 0 Å². The van der Waals surface area contributed by atoms with E-state index in [0.29, 0.717) is 17.5 Å².